The molecule has 106 valence electrons. The summed E-state index contributed by atoms with van der Waals surface area (Å²) in [5, 5.41) is 6.34. The number of carbonyl (C=O) groups excluding carboxylic acids is 1. The average Bonchev–Trinajstić information content (AvgIpc) is 2.63. The second-order valence-corrected chi connectivity index (χ2v) is 7.61. The summed E-state index contributed by atoms with van der Waals surface area (Å²) in [5.41, 5.74) is 0. The van der Waals surface area contributed by atoms with Crippen molar-refractivity contribution in [3.05, 3.63) is 20.8 Å². The van der Waals surface area contributed by atoms with Gasteiger partial charge in [-0.15, -0.1) is 11.3 Å². The van der Waals surface area contributed by atoms with Gasteiger partial charge in [0, 0.05) is 17.5 Å². The van der Waals surface area contributed by atoms with Crippen molar-refractivity contribution in [3.8, 4) is 0 Å². The summed E-state index contributed by atoms with van der Waals surface area (Å²) in [6, 6.07) is 4.51. The molecule has 1 fully saturated rings. The molecule has 1 aliphatic rings. The minimum atomic E-state index is 0.127. The number of thiophene rings is 1. The number of carbonyl (C=O) groups is 1. The lowest BCUT2D eigenvalue weighted by Crippen LogP contribution is -2.40. The van der Waals surface area contributed by atoms with E-state index in [4.69, 9.17) is 0 Å². The SMILES string of the molecule is O=C(CNCc1ccc(Br)s1)NC1CCCCCC1. The number of hydrogen-bond donors (Lipinski definition) is 2. The van der Waals surface area contributed by atoms with Crippen LogP contribution in [0.2, 0.25) is 0 Å². The summed E-state index contributed by atoms with van der Waals surface area (Å²) >= 11 is 5.14. The number of rotatable bonds is 5. The lowest BCUT2D eigenvalue weighted by Gasteiger charge is -2.16. The van der Waals surface area contributed by atoms with Crippen molar-refractivity contribution in [2.45, 2.75) is 51.1 Å². The van der Waals surface area contributed by atoms with Gasteiger partial charge in [0.15, 0.2) is 0 Å². The van der Waals surface area contributed by atoms with Crippen LogP contribution in [0.1, 0.15) is 43.4 Å². The summed E-state index contributed by atoms with van der Waals surface area (Å²) in [5.74, 6) is 0.127. The fourth-order valence-electron chi connectivity index (χ4n) is 2.45. The van der Waals surface area contributed by atoms with Crippen LogP contribution in [0.25, 0.3) is 0 Å². The molecular formula is C14H21BrN2OS. The fraction of sp³-hybridized carbons (Fsp3) is 0.643. The number of nitrogens with one attached hydrogen (secondary N) is 2. The van der Waals surface area contributed by atoms with Crippen LogP contribution in [0.5, 0.6) is 0 Å². The van der Waals surface area contributed by atoms with E-state index in [1.807, 2.05) is 6.07 Å². The van der Waals surface area contributed by atoms with Crippen molar-refractivity contribution in [3.63, 3.8) is 0 Å². The van der Waals surface area contributed by atoms with Crippen LogP contribution in [-0.2, 0) is 11.3 Å². The second-order valence-electron chi connectivity index (χ2n) is 5.07. The van der Waals surface area contributed by atoms with E-state index < -0.39 is 0 Å². The van der Waals surface area contributed by atoms with E-state index in [0.29, 0.717) is 12.6 Å². The Morgan fingerprint density at radius 1 is 1.26 bits per heavy atom. The van der Waals surface area contributed by atoms with Crippen LogP contribution in [0.15, 0.2) is 15.9 Å². The third-order valence-electron chi connectivity index (χ3n) is 3.43. The maximum atomic E-state index is 11.8. The molecule has 0 aromatic carbocycles. The molecule has 0 radical (unpaired) electrons. The van der Waals surface area contributed by atoms with Crippen LogP contribution in [0, 0.1) is 0 Å². The lowest BCUT2D eigenvalue weighted by atomic mass is 10.1. The molecule has 1 aromatic heterocycles. The van der Waals surface area contributed by atoms with Gasteiger partial charge in [0.2, 0.25) is 5.91 Å². The van der Waals surface area contributed by atoms with Gasteiger partial charge in [-0.3, -0.25) is 4.79 Å². The molecule has 2 N–H and O–H groups in total. The van der Waals surface area contributed by atoms with E-state index >= 15 is 0 Å². The Morgan fingerprint density at radius 3 is 2.63 bits per heavy atom. The zero-order valence-electron chi connectivity index (χ0n) is 11.1. The van der Waals surface area contributed by atoms with E-state index in [0.717, 1.165) is 23.2 Å². The first kappa shape index (κ1) is 15.0. The molecule has 1 saturated carbocycles. The zero-order chi connectivity index (χ0) is 13.5. The molecule has 1 heterocycles. The normalized spacial score (nSPS) is 17.1. The van der Waals surface area contributed by atoms with E-state index in [1.165, 1.54) is 30.6 Å². The highest BCUT2D eigenvalue weighted by Crippen LogP contribution is 2.21. The van der Waals surface area contributed by atoms with E-state index in [9.17, 15) is 4.79 Å². The summed E-state index contributed by atoms with van der Waals surface area (Å²) in [4.78, 5) is 13.1. The maximum absolute atomic E-state index is 11.8. The predicted molar refractivity (Wildman–Crippen MR) is 83.4 cm³/mol. The van der Waals surface area contributed by atoms with Crippen molar-refractivity contribution in [1.82, 2.24) is 10.6 Å². The van der Waals surface area contributed by atoms with Gasteiger partial charge in [0.05, 0.1) is 10.3 Å². The minimum Gasteiger partial charge on any atom is -0.352 e. The van der Waals surface area contributed by atoms with E-state index in [2.05, 4.69) is 32.6 Å². The van der Waals surface area contributed by atoms with Crippen molar-refractivity contribution < 1.29 is 4.79 Å². The highest BCUT2D eigenvalue weighted by atomic mass is 79.9. The molecule has 0 saturated heterocycles. The Kier molecular flexibility index (Phi) is 6.34. The summed E-state index contributed by atoms with van der Waals surface area (Å²) < 4.78 is 1.13. The summed E-state index contributed by atoms with van der Waals surface area (Å²) in [6.45, 7) is 1.17. The fourth-order valence-corrected chi connectivity index (χ4v) is 3.90. The molecule has 19 heavy (non-hydrogen) atoms. The highest BCUT2D eigenvalue weighted by Gasteiger charge is 2.14. The molecule has 1 aromatic rings. The molecule has 0 unspecified atom stereocenters. The standard InChI is InChI=1S/C14H21BrN2OS/c15-13-8-7-12(19-13)9-16-10-14(18)17-11-5-3-1-2-4-6-11/h7-8,11,16H,1-6,9-10H2,(H,17,18). The Balaban J connectivity index is 1.63. The van der Waals surface area contributed by atoms with Crippen molar-refractivity contribution in [2.24, 2.45) is 0 Å². The van der Waals surface area contributed by atoms with Crippen LogP contribution in [0.4, 0.5) is 0 Å². The van der Waals surface area contributed by atoms with Crippen molar-refractivity contribution in [2.75, 3.05) is 6.54 Å². The van der Waals surface area contributed by atoms with Crippen molar-refractivity contribution in [1.29, 1.82) is 0 Å². The first-order valence-electron chi connectivity index (χ1n) is 6.98. The third-order valence-corrected chi connectivity index (χ3v) is 5.06. The molecular weight excluding hydrogens is 324 g/mol. The highest BCUT2D eigenvalue weighted by molar-refractivity contribution is 9.11. The first-order valence-corrected chi connectivity index (χ1v) is 8.59. The molecule has 3 nitrogen and oxygen atoms in total. The van der Waals surface area contributed by atoms with Gasteiger partial charge >= 0.3 is 0 Å². The summed E-state index contributed by atoms with van der Waals surface area (Å²) in [7, 11) is 0. The molecule has 1 aliphatic carbocycles. The minimum absolute atomic E-state index is 0.127. The Labute approximate surface area is 127 Å². The molecule has 5 heteroatoms. The van der Waals surface area contributed by atoms with Crippen LogP contribution in [-0.4, -0.2) is 18.5 Å². The van der Waals surface area contributed by atoms with E-state index in [1.54, 1.807) is 11.3 Å². The Bertz CT molecular complexity index is 400. The van der Waals surface area contributed by atoms with Crippen molar-refractivity contribution >= 4 is 33.2 Å². The van der Waals surface area contributed by atoms with Crippen LogP contribution < -0.4 is 10.6 Å². The number of hydrogen-bond acceptors (Lipinski definition) is 3. The number of amides is 1. The molecule has 0 aliphatic heterocycles. The van der Waals surface area contributed by atoms with Crippen LogP contribution in [0.3, 0.4) is 0 Å². The van der Waals surface area contributed by atoms with Gasteiger partial charge in [0.1, 0.15) is 0 Å². The first-order chi connectivity index (χ1) is 9.24. The smallest absolute Gasteiger partial charge is 0.234 e. The quantitative estimate of drug-likeness (QED) is 0.803. The molecule has 0 atom stereocenters. The Morgan fingerprint density at radius 2 is 2.00 bits per heavy atom. The van der Waals surface area contributed by atoms with Gasteiger partial charge in [-0.05, 0) is 40.9 Å². The largest absolute Gasteiger partial charge is 0.352 e. The Hall–Kier alpha value is -0.390. The molecule has 0 spiro atoms. The van der Waals surface area contributed by atoms with Crippen LogP contribution >= 0.6 is 27.3 Å². The number of halogens is 1. The van der Waals surface area contributed by atoms with Gasteiger partial charge in [-0.25, -0.2) is 0 Å². The average molecular weight is 345 g/mol. The summed E-state index contributed by atoms with van der Waals surface area (Å²) in [6.07, 6.45) is 7.42. The molecule has 1 amide bonds. The van der Waals surface area contributed by atoms with Gasteiger partial charge < -0.3 is 10.6 Å². The molecule has 0 bridgehead atoms. The monoisotopic (exact) mass is 344 g/mol. The predicted octanol–water partition coefficient (Wildman–Crippen LogP) is 3.44. The van der Waals surface area contributed by atoms with Gasteiger partial charge in [-0.2, -0.15) is 0 Å². The zero-order valence-corrected chi connectivity index (χ0v) is 13.5. The molecule has 2 rings (SSSR count). The lowest BCUT2D eigenvalue weighted by molar-refractivity contribution is -0.121. The van der Waals surface area contributed by atoms with Gasteiger partial charge in [0.25, 0.3) is 0 Å². The van der Waals surface area contributed by atoms with Gasteiger partial charge in [-0.1, -0.05) is 25.7 Å². The second kappa shape index (κ2) is 8.02. The topological polar surface area (TPSA) is 41.1 Å². The third kappa shape index (κ3) is 5.63. The maximum Gasteiger partial charge on any atom is 0.234 e. The van der Waals surface area contributed by atoms with E-state index in [-0.39, 0.29) is 5.91 Å².